The molecule has 0 atom stereocenters. The monoisotopic (exact) mass is 483 g/mol. The first-order valence-electron chi connectivity index (χ1n) is 11.5. The molecule has 0 N–H and O–H groups in total. The van der Waals surface area contributed by atoms with Gasteiger partial charge in [-0.15, -0.1) is 0 Å². The molecule has 0 unspecified atom stereocenters. The average molecular weight is 484 g/mol. The van der Waals surface area contributed by atoms with E-state index in [9.17, 15) is 9.59 Å². The van der Waals surface area contributed by atoms with Crippen molar-refractivity contribution in [2.45, 2.75) is 20.4 Å². The third kappa shape index (κ3) is 3.88. The number of nitrogens with zero attached hydrogens (tertiary/aromatic N) is 1. The number of para-hydroxylation sites is 1. The maximum Gasteiger partial charge on any atom is 0.343 e. The van der Waals surface area contributed by atoms with Crippen molar-refractivity contribution in [2.24, 2.45) is 0 Å². The summed E-state index contributed by atoms with van der Waals surface area (Å²) in [6.45, 7) is 4.65. The minimum atomic E-state index is -0.563. The largest absolute Gasteiger partial charge is 0.493 e. The first kappa shape index (κ1) is 23.2. The number of hydrogen-bond donors (Lipinski definition) is 0. The van der Waals surface area contributed by atoms with Gasteiger partial charge in [-0.2, -0.15) is 0 Å². The standard InChI is InChI=1S/C29H25NO6/c1-5-30-16-19(20-8-6-7-9-22(20)30)15-26-27(31)21-11-13-23(17(2)28(21)35-26)36-29(32)18-10-12-24(33-3)25(14-18)34-4/h6-16H,5H2,1-4H3. The molecule has 0 bridgehead atoms. The van der Waals surface area contributed by atoms with Crippen LogP contribution in [0.4, 0.5) is 0 Å². The summed E-state index contributed by atoms with van der Waals surface area (Å²) >= 11 is 0. The van der Waals surface area contributed by atoms with Gasteiger partial charge in [0.1, 0.15) is 11.5 Å². The Morgan fingerprint density at radius 3 is 2.50 bits per heavy atom. The van der Waals surface area contributed by atoms with E-state index < -0.39 is 5.97 Å². The van der Waals surface area contributed by atoms with Crippen molar-refractivity contribution >= 4 is 28.7 Å². The van der Waals surface area contributed by atoms with Gasteiger partial charge in [0.25, 0.3) is 0 Å². The van der Waals surface area contributed by atoms with Crippen molar-refractivity contribution in [1.82, 2.24) is 4.57 Å². The number of carbonyl (C=O) groups is 2. The number of ketones is 1. The van der Waals surface area contributed by atoms with Gasteiger partial charge in [-0.05, 0) is 56.3 Å². The van der Waals surface area contributed by atoms with E-state index in [2.05, 4.69) is 17.6 Å². The zero-order chi connectivity index (χ0) is 25.4. The summed E-state index contributed by atoms with van der Waals surface area (Å²) in [7, 11) is 3.02. The van der Waals surface area contributed by atoms with E-state index >= 15 is 0 Å². The van der Waals surface area contributed by atoms with Crippen LogP contribution < -0.4 is 18.9 Å². The van der Waals surface area contributed by atoms with E-state index in [4.69, 9.17) is 18.9 Å². The van der Waals surface area contributed by atoms with Gasteiger partial charge in [-0.1, -0.05) is 18.2 Å². The van der Waals surface area contributed by atoms with Crippen LogP contribution in [0.15, 0.2) is 66.6 Å². The van der Waals surface area contributed by atoms with Gasteiger partial charge in [-0.25, -0.2) is 4.79 Å². The molecule has 7 heteroatoms. The van der Waals surface area contributed by atoms with Crippen LogP contribution in [0.3, 0.4) is 0 Å². The second-order valence-electron chi connectivity index (χ2n) is 8.35. The highest BCUT2D eigenvalue weighted by molar-refractivity contribution is 6.15. The van der Waals surface area contributed by atoms with E-state index in [-0.39, 0.29) is 11.5 Å². The number of esters is 1. The molecule has 3 aromatic carbocycles. The van der Waals surface area contributed by atoms with E-state index in [0.717, 1.165) is 23.0 Å². The zero-order valence-corrected chi connectivity index (χ0v) is 20.5. The van der Waals surface area contributed by atoms with Crippen LogP contribution in [0.1, 0.15) is 38.8 Å². The number of methoxy groups -OCH3 is 2. The average Bonchev–Trinajstić information content (AvgIpc) is 3.43. The number of allylic oxidation sites excluding steroid dienone is 1. The summed E-state index contributed by atoms with van der Waals surface area (Å²) in [4.78, 5) is 25.9. The first-order chi connectivity index (χ1) is 17.4. The number of carbonyl (C=O) groups excluding carboxylic acids is 2. The second-order valence-corrected chi connectivity index (χ2v) is 8.35. The van der Waals surface area contributed by atoms with E-state index in [1.165, 1.54) is 14.2 Å². The molecule has 0 fully saturated rings. The van der Waals surface area contributed by atoms with Crippen LogP contribution in [0.2, 0.25) is 0 Å². The Bertz CT molecular complexity index is 1550. The number of ether oxygens (including phenoxy) is 4. The van der Waals surface area contributed by atoms with Gasteiger partial charge in [0.15, 0.2) is 17.3 Å². The summed E-state index contributed by atoms with van der Waals surface area (Å²) < 4.78 is 24.3. The zero-order valence-electron chi connectivity index (χ0n) is 20.5. The molecule has 2 heterocycles. The van der Waals surface area contributed by atoms with Gasteiger partial charge < -0.3 is 23.5 Å². The molecule has 182 valence electrons. The van der Waals surface area contributed by atoms with Crippen LogP contribution in [-0.2, 0) is 6.54 Å². The fraction of sp³-hybridized carbons (Fsp3) is 0.172. The Kier molecular flexibility index (Phi) is 5.98. The smallest absolute Gasteiger partial charge is 0.343 e. The highest BCUT2D eigenvalue weighted by atomic mass is 16.5. The molecule has 0 radical (unpaired) electrons. The molecule has 1 aliphatic rings. The molecule has 4 aromatic rings. The molecule has 36 heavy (non-hydrogen) atoms. The number of aromatic nitrogens is 1. The summed E-state index contributed by atoms with van der Waals surface area (Å²) in [5.74, 6) is 1.09. The summed E-state index contributed by atoms with van der Waals surface area (Å²) in [5, 5.41) is 1.04. The number of benzene rings is 3. The molecule has 0 aliphatic carbocycles. The third-order valence-electron chi connectivity index (χ3n) is 6.31. The lowest BCUT2D eigenvalue weighted by molar-refractivity contribution is 0.0732. The number of Topliss-reactive ketones (excluding diaryl/α,β-unsaturated/α-hetero) is 1. The fourth-order valence-electron chi connectivity index (χ4n) is 4.39. The van der Waals surface area contributed by atoms with Crippen molar-refractivity contribution in [3.63, 3.8) is 0 Å². The number of hydrogen-bond acceptors (Lipinski definition) is 6. The lowest BCUT2D eigenvalue weighted by atomic mass is 10.1. The molecule has 1 aromatic heterocycles. The van der Waals surface area contributed by atoms with E-state index in [0.29, 0.717) is 39.7 Å². The molecule has 0 saturated carbocycles. The van der Waals surface area contributed by atoms with Crippen LogP contribution in [0.25, 0.3) is 17.0 Å². The fourth-order valence-corrected chi connectivity index (χ4v) is 4.39. The molecule has 7 nitrogen and oxygen atoms in total. The normalized spacial score (nSPS) is 13.6. The molecule has 0 spiro atoms. The number of fused-ring (bicyclic) bond motifs is 2. The summed E-state index contributed by atoms with van der Waals surface area (Å²) in [6.07, 6.45) is 3.78. The predicted octanol–water partition coefficient (Wildman–Crippen LogP) is 5.82. The van der Waals surface area contributed by atoms with Crippen molar-refractivity contribution in [3.8, 4) is 23.0 Å². The molecule has 1 aliphatic heterocycles. The Labute approximate surface area is 208 Å². The first-order valence-corrected chi connectivity index (χ1v) is 11.5. The lowest BCUT2D eigenvalue weighted by Gasteiger charge is -2.12. The van der Waals surface area contributed by atoms with Crippen molar-refractivity contribution in [3.05, 3.63) is 88.8 Å². The lowest BCUT2D eigenvalue weighted by Crippen LogP contribution is -2.10. The molecule has 0 amide bonds. The maximum atomic E-state index is 13.1. The topological polar surface area (TPSA) is 76.0 Å². The van der Waals surface area contributed by atoms with Gasteiger partial charge in [-0.3, -0.25) is 4.79 Å². The minimum absolute atomic E-state index is 0.209. The van der Waals surface area contributed by atoms with Gasteiger partial charge in [0.05, 0.1) is 25.3 Å². The quantitative estimate of drug-likeness (QED) is 0.195. The highest BCUT2D eigenvalue weighted by Gasteiger charge is 2.31. The number of aryl methyl sites for hydroxylation is 1. The summed E-state index contributed by atoms with van der Waals surface area (Å²) in [5.41, 5.74) is 3.30. The van der Waals surface area contributed by atoms with Crippen molar-refractivity contribution in [2.75, 3.05) is 14.2 Å². The van der Waals surface area contributed by atoms with E-state index in [1.807, 2.05) is 24.4 Å². The second kappa shape index (κ2) is 9.26. The highest BCUT2D eigenvalue weighted by Crippen LogP contribution is 2.40. The van der Waals surface area contributed by atoms with Crippen LogP contribution in [0, 0.1) is 6.92 Å². The van der Waals surface area contributed by atoms with E-state index in [1.54, 1.807) is 43.3 Å². The van der Waals surface area contributed by atoms with Crippen LogP contribution in [-0.4, -0.2) is 30.5 Å². The SMILES string of the molecule is CCn1cc(C=C2Oc3c(ccc(OC(=O)c4ccc(OC)c(OC)c4)c3C)C2=O)c2ccccc21. The molecular weight excluding hydrogens is 458 g/mol. The third-order valence-corrected chi connectivity index (χ3v) is 6.31. The van der Waals surface area contributed by atoms with Crippen molar-refractivity contribution in [1.29, 1.82) is 0 Å². The predicted molar refractivity (Wildman–Crippen MR) is 136 cm³/mol. The van der Waals surface area contributed by atoms with Gasteiger partial charge in [0.2, 0.25) is 5.78 Å². The number of rotatable bonds is 6. The van der Waals surface area contributed by atoms with Gasteiger partial charge in [0, 0.05) is 34.8 Å². The minimum Gasteiger partial charge on any atom is -0.493 e. The van der Waals surface area contributed by atoms with Gasteiger partial charge >= 0.3 is 5.97 Å². The molecule has 5 rings (SSSR count). The van der Waals surface area contributed by atoms with Crippen LogP contribution in [0.5, 0.6) is 23.0 Å². The molecular formula is C29H25NO6. The van der Waals surface area contributed by atoms with Crippen LogP contribution >= 0.6 is 0 Å². The molecule has 0 saturated heterocycles. The Balaban J connectivity index is 1.44. The Morgan fingerprint density at radius 2 is 1.75 bits per heavy atom. The summed E-state index contributed by atoms with van der Waals surface area (Å²) in [6, 6.07) is 16.1. The van der Waals surface area contributed by atoms with Crippen molar-refractivity contribution < 1.29 is 28.5 Å². The Hall–Kier alpha value is -4.52. The maximum absolute atomic E-state index is 13.1. The Morgan fingerprint density at radius 1 is 1.00 bits per heavy atom.